The topological polar surface area (TPSA) is 54.5 Å². The van der Waals surface area contributed by atoms with E-state index >= 15 is 0 Å². The molecule has 0 saturated carbocycles. The maximum atomic E-state index is 11.7. The molecular formula is C15H23N3O2. The van der Waals surface area contributed by atoms with Crippen molar-refractivity contribution in [2.24, 2.45) is 0 Å². The fraction of sp³-hybridized carbons (Fsp3) is 0.600. The van der Waals surface area contributed by atoms with E-state index in [2.05, 4.69) is 15.2 Å². The summed E-state index contributed by atoms with van der Waals surface area (Å²) < 4.78 is 5.25. The largest absolute Gasteiger partial charge is 0.444 e. The molecule has 1 aliphatic rings. The van der Waals surface area contributed by atoms with Gasteiger partial charge in [0.2, 0.25) is 0 Å². The quantitative estimate of drug-likeness (QED) is 0.922. The molecule has 2 heterocycles. The van der Waals surface area contributed by atoms with Crippen molar-refractivity contribution in [2.45, 2.75) is 45.3 Å². The molecule has 0 bridgehead atoms. The molecule has 1 aliphatic heterocycles. The molecule has 1 aromatic rings. The molecule has 5 nitrogen and oxygen atoms in total. The summed E-state index contributed by atoms with van der Waals surface area (Å²) in [6.07, 6.45) is 3.63. The Kier molecular flexibility index (Phi) is 4.47. The van der Waals surface area contributed by atoms with Crippen molar-refractivity contribution in [3.05, 3.63) is 24.4 Å². The number of hydrogen-bond acceptors (Lipinski definition) is 4. The van der Waals surface area contributed by atoms with Crippen LogP contribution < -0.4 is 10.2 Å². The fourth-order valence-corrected chi connectivity index (χ4v) is 2.39. The molecule has 1 N–H and O–H groups in total. The number of anilines is 1. The van der Waals surface area contributed by atoms with Crippen LogP contribution in [0.3, 0.4) is 0 Å². The molecule has 0 aromatic carbocycles. The summed E-state index contributed by atoms with van der Waals surface area (Å²) in [7, 11) is 0. The van der Waals surface area contributed by atoms with Gasteiger partial charge in [-0.05, 0) is 45.7 Å². The van der Waals surface area contributed by atoms with Crippen molar-refractivity contribution in [3.8, 4) is 0 Å². The Morgan fingerprint density at radius 3 is 2.95 bits per heavy atom. The van der Waals surface area contributed by atoms with Gasteiger partial charge in [0.15, 0.2) is 0 Å². The Hall–Kier alpha value is -1.78. The molecule has 20 heavy (non-hydrogen) atoms. The summed E-state index contributed by atoms with van der Waals surface area (Å²) >= 11 is 0. The first-order valence-corrected chi connectivity index (χ1v) is 7.10. The molecule has 1 aromatic heterocycles. The number of aromatic nitrogens is 1. The summed E-state index contributed by atoms with van der Waals surface area (Å²) in [6, 6.07) is 6.19. The smallest absolute Gasteiger partial charge is 0.407 e. The minimum absolute atomic E-state index is 0.289. The van der Waals surface area contributed by atoms with Crippen LogP contribution in [-0.2, 0) is 4.74 Å². The number of hydrogen-bond donors (Lipinski definition) is 1. The highest BCUT2D eigenvalue weighted by atomic mass is 16.6. The van der Waals surface area contributed by atoms with Crippen molar-refractivity contribution in [2.75, 3.05) is 18.0 Å². The number of carbonyl (C=O) groups excluding carboxylic acids is 1. The van der Waals surface area contributed by atoms with E-state index in [4.69, 9.17) is 4.74 Å². The maximum absolute atomic E-state index is 11.7. The van der Waals surface area contributed by atoms with Gasteiger partial charge in [-0.2, -0.15) is 0 Å². The molecule has 1 amide bonds. The van der Waals surface area contributed by atoms with E-state index in [-0.39, 0.29) is 12.1 Å². The molecule has 0 unspecified atom stereocenters. The van der Waals surface area contributed by atoms with E-state index in [1.165, 1.54) is 0 Å². The third-order valence-electron chi connectivity index (χ3n) is 3.20. The predicted octanol–water partition coefficient (Wildman–Crippen LogP) is 2.58. The van der Waals surface area contributed by atoms with Gasteiger partial charge in [-0.1, -0.05) is 6.07 Å². The highest BCUT2D eigenvalue weighted by Crippen LogP contribution is 2.22. The maximum Gasteiger partial charge on any atom is 0.407 e. The lowest BCUT2D eigenvalue weighted by molar-refractivity contribution is 0.0525. The van der Waals surface area contributed by atoms with Crippen LogP contribution in [0, 0.1) is 0 Å². The lowest BCUT2D eigenvalue weighted by atomic mass is 10.2. The summed E-state index contributed by atoms with van der Waals surface area (Å²) in [5.74, 6) is 0.973. The molecule has 1 fully saturated rings. The molecule has 2 rings (SSSR count). The highest BCUT2D eigenvalue weighted by Gasteiger charge is 2.26. The Bertz CT molecular complexity index is 442. The van der Waals surface area contributed by atoms with E-state index in [1.54, 1.807) is 6.20 Å². The molecule has 0 radical (unpaired) electrons. The fourth-order valence-electron chi connectivity index (χ4n) is 2.39. The minimum Gasteiger partial charge on any atom is -0.444 e. The van der Waals surface area contributed by atoms with E-state index < -0.39 is 5.60 Å². The average Bonchev–Trinajstić information content (AvgIpc) is 2.83. The average molecular weight is 277 g/mol. The van der Waals surface area contributed by atoms with Gasteiger partial charge in [0.05, 0.1) is 0 Å². The number of amides is 1. The van der Waals surface area contributed by atoms with Gasteiger partial charge < -0.3 is 15.0 Å². The number of nitrogens with zero attached hydrogens (tertiary/aromatic N) is 2. The van der Waals surface area contributed by atoms with Crippen molar-refractivity contribution in [1.82, 2.24) is 10.3 Å². The van der Waals surface area contributed by atoms with E-state index in [1.807, 2.05) is 39.0 Å². The first-order valence-electron chi connectivity index (χ1n) is 7.10. The van der Waals surface area contributed by atoms with Crippen LogP contribution in [0.1, 0.15) is 33.6 Å². The van der Waals surface area contributed by atoms with Crippen molar-refractivity contribution >= 4 is 11.9 Å². The van der Waals surface area contributed by atoms with Gasteiger partial charge in [0, 0.05) is 25.3 Å². The van der Waals surface area contributed by atoms with Crippen LogP contribution in [0.25, 0.3) is 0 Å². The summed E-state index contributed by atoms with van der Waals surface area (Å²) in [4.78, 5) is 18.3. The first kappa shape index (κ1) is 14.6. The number of carbonyl (C=O) groups is 1. The van der Waals surface area contributed by atoms with Gasteiger partial charge >= 0.3 is 6.09 Å². The van der Waals surface area contributed by atoms with Crippen LogP contribution in [0.2, 0.25) is 0 Å². The van der Waals surface area contributed by atoms with Gasteiger partial charge in [-0.15, -0.1) is 0 Å². The highest BCUT2D eigenvalue weighted by molar-refractivity contribution is 5.67. The molecule has 0 spiro atoms. The second kappa shape index (κ2) is 6.11. The van der Waals surface area contributed by atoms with Crippen LogP contribution in [0.15, 0.2) is 24.4 Å². The van der Waals surface area contributed by atoms with E-state index in [0.717, 1.165) is 25.2 Å². The molecule has 1 atom stereocenters. The number of rotatable bonds is 3. The Balaban J connectivity index is 1.88. The van der Waals surface area contributed by atoms with Crippen molar-refractivity contribution in [3.63, 3.8) is 0 Å². The van der Waals surface area contributed by atoms with Crippen LogP contribution in [-0.4, -0.2) is 35.8 Å². The van der Waals surface area contributed by atoms with E-state index in [9.17, 15) is 4.79 Å². The van der Waals surface area contributed by atoms with Crippen molar-refractivity contribution < 1.29 is 9.53 Å². The van der Waals surface area contributed by atoms with Gasteiger partial charge in [-0.25, -0.2) is 9.78 Å². The lowest BCUT2D eigenvalue weighted by Crippen LogP contribution is -2.42. The summed E-state index contributed by atoms with van der Waals surface area (Å²) in [5, 5.41) is 2.85. The third-order valence-corrected chi connectivity index (χ3v) is 3.20. The van der Waals surface area contributed by atoms with Crippen LogP contribution >= 0.6 is 0 Å². The van der Waals surface area contributed by atoms with Crippen molar-refractivity contribution in [1.29, 1.82) is 0 Å². The monoisotopic (exact) mass is 277 g/mol. The normalized spacial score (nSPS) is 18.9. The first-order chi connectivity index (χ1) is 9.46. The zero-order valence-electron chi connectivity index (χ0n) is 12.4. The summed E-state index contributed by atoms with van der Waals surface area (Å²) in [6.45, 7) is 7.16. The van der Waals surface area contributed by atoms with Gasteiger partial charge in [0.25, 0.3) is 0 Å². The van der Waals surface area contributed by atoms with Crippen LogP contribution in [0.4, 0.5) is 10.6 Å². The third kappa shape index (κ3) is 4.11. The minimum atomic E-state index is -0.458. The molecule has 110 valence electrons. The Morgan fingerprint density at radius 2 is 2.30 bits per heavy atom. The number of alkyl carbamates (subject to hydrolysis) is 1. The zero-order chi connectivity index (χ0) is 14.6. The zero-order valence-corrected chi connectivity index (χ0v) is 12.4. The van der Waals surface area contributed by atoms with Crippen LogP contribution in [0.5, 0.6) is 0 Å². The summed E-state index contributed by atoms with van der Waals surface area (Å²) in [5.41, 5.74) is -0.458. The second-order valence-corrected chi connectivity index (χ2v) is 6.06. The Morgan fingerprint density at radius 1 is 1.50 bits per heavy atom. The molecule has 1 saturated heterocycles. The predicted molar refractivity (Wildman–Crippen MR) is 78.8 cm³/mol. The SMILES string of the molecule is CC(C)(C)OC(=O)NC[C@H]1CCCN1c1ccccn1. The second-order valence-electron chi connectivity index (χ2n) is 6.06. The standard InChI is InChI=1S/C15H23N3O2/c1-15(2,3)20-14(19)17-11-12-7-6-10-18(12)13-8-4-5-9-16-13/h4-5,8-9,12H,6-7,10-11H2,1-3H3,(H,17,19)/t12-/m1/s1. The number of nitrogens with one attached hydrogen (secondary N) is 1. The molecular weight excluding hydrogens is 254 g/mol. The Labute approximate surface area is 120 Å². The van der Waals surface area contributed by atoms with E-state index in [0.29, 0.717) is 6.54 Å². The van der Waals surface area contributed by atoms with Gasteiger partial charge in [0.1, 0.15) is 11.4 Å². The number of pyridine rings is 1. The van der Waals surface area contributed by atoms with Gasteiger partial charge in [-0.3, -0.25) is 0 Å². The number of ether oxygens (including phenoxy) is 1. The molecule has 0 aliphatic carbocycles. The molecule has 5 heteroatoms. The lowest BCUT2D eigenvalue weighted by Gasteiger charge is -2.26.